The zero-order valence-electron chi connectivity index (χ0n) is 18.4. The van der Waals surface area contributed by atoms with Crippen molar-refractivity contribution in [1.82, 2.24) is 0 Å². The van der Waals surface area contributed by atoms with Crippen LogP contribution in [0.25, 0.3) is 0 Å². The molecule has 1 atom stereocenters. The average molecular weight is 395 g/mol. The lowest BCUT2D eigenvalue weighted by Gasteiger charge is -2.11. The van der Waals surface area contributed by atoms with Crippen LogP contribution in [0.4, 0.5) is 0 Å². The van der Waals surface area contributed by atoms with E-state index in [1.54, 1.807) is 0 Å². The number of ether oxygens (including phenoxy) is 1. The second kappa shape index (κ2) is 22.2. The summed E-state index contributed by atoms with van der Waals surface area (Å²) < 4.78 is 5.24. The van der Waals surface area contributed by atoms with Crippen molar-refractivity contribution in [2.24, 2.45) is 11.5 Å². The number of rotatable bonds is 20. The molecule has 0 unspecified atom stereocenters. The minimum absolute atomic E-state index is 0.264. The molecule has 0 aliphatic carbocycles. The number of carbonyl (C=O) groups is 1. The molecule has 0 aromatic rings. The maximum absolute atomic E-state index is 11.7. The Morgan fingerprint density at radius 3 is 2.07 bits per heavy atom. The van der Waals surface area contributed by atoms with E-state index < -0.39 is 6.04 Å². The lowest BCUT2D eigenvalue weighted by atomic mass is 10.1. The molecule has 0 bridgehead atoms. The van der Waals surface area contributed by atoms with Gasteiger partial charge in [-0.3, -0.25) is 4.79 Å². The molecule has 0 aromatic carbocycles. The molecule has 0 aromatic heterocycles. The highest BCUT2D eigenvalue weighted by molar-refractivity contribution is 5.75. The largest absolute Gasteiger partial charge is 0.465 e. The number of hydrogen-bond donors (Lipinski definition) is 2. The molecule has 0 rings (SSSR count). The second-order valence-corrected chi connectivity index (χ2v) is 7.64. The third-order valence-electron chi connectivity index (χ3n) is 4.86. The number of unbranched alkanes of at least 4 members (excludes halogenated alkanes) is 10. The quantitative estimate of drug-likeness (QED) is 0.155. The first-order valence-electron chi connectivity index (χ1n) is 11.6. The highest BCUT2D eigenvalue weighted by Crippen LogP contribution is 2.09. The van der Waals surface area contributed by atoms with Crippen LogP contribution in [0.5, 0.6) is 0 Å². The van der Waals surface area contributed by atoms with Gasteiger partial charge in [0.2, 0.25) is 0 Å². The van der Waals surface area contributed by atoms with Gasteiger partial charge in [0.05, 0.1) is 6.61 Å². The van der Waals surface area contributed by atoms with Crippen LogP contribution in [0.1, 0.15) is 103 Å². The van der Waals surface area contributed by atoms with Crippen molar-refractivity contribution < 1.29 is 9.53 Å². The Balaban J connectivity index is 3.33. The molecule has 28 heavy (non-hydrogen) atoms. The highest BCUT2D eigenvalue weighted by Gasteiger charge is 2.13. The molecule has 0 saturated carbocycles. The number of nitrogens with two attached hydrogens (primary N) is 2. The van der Waals surface area contributed by atoms with Crippen molar-refractivity contribution in [3.8, 4) is 0 Å². The van der Waals surface area contributed by atoms with E-state index in [4.69, 9.17) is 16.2 Å². The molecule has 0 spiro atoms. The first kappa shape index (κ1) is 26.9. The molecular weight excluding hydrogens is 348 g/mol. The van der Waals surface area contributed by atoms with E-state index in [1.165, 1.54) is 57.8 Å². The summed E-state index contributed by atoms with van der Waals surface area (Å²) >= 11 is 0. The van der Waals surface area contributed by atoms with Crippen molar-refractivity contribution in [3.05, 3.63) is 24.3 Å². The summed E-state index contributed by atoms with van der Waals surface area (Å²) in [6.07, 6.45) is 26.2. The number of carbonyl (C=O) groups excluding carboxylic acids is 1. The minimum atomic E-state index is -0.490. The maximum Gasteiger partial charge on any atom is 0.322 e. The lowest BCUT2D eigenvalue weighted by molar-refractivity contribution is -0.145. The summed E-state index contributed by atoms with van der Waals surface area (Å²) in [6.45, 7) is 3.39. The normalized spacial score (nSPS) is 12.8. The summed E-state index contributed by atoms with van der Waals surface area (Å²) in [6, 6.07) is -0.490. The fourth-order valence-electron chi connectivity index (χ4n) is 3.00. The Morgan fingerprint density at radius 1 is 0.821 bits per heavy atom. The van der Waals surface area contributed by atoms with E-state index in [0.717, 1.165) is 32.1 Å². The Labute approximate surface area is 174 Å². The van der Waals surface area contributed by atoms with Crippen LogP contribution in [0.3, 0.4) is 0 Å². The van der Waals surface area contributed by atoms with Crippen molar-refractivity contribution in [3.63, 3.8) is 0 Å². The van der Waals surface area contributed by atoms with Crippen LogP contribution in [0.2, 0.25) is 0 Å². The molecule has 4 N–H and O–H groups in total. The zero-order valence-corrected chi connectivity index (χ0v) is 18.4. The Bertz CT molecular complexity index is 394. The standard InChI is InChI=1S/C24H46N2O2/c1-2-3-4-5-6-7-8-9-10-11-12-13-14-15-16-19-22-28-24(27)23(26)20-17-18-21-25/h6-7,9-10,23H,2-5,8,11-22,25-26H2,1H3/b7-6-,10-9-/t23-/m0/s1. The first-order chi connectivity index (χ1) is 13.7. The van der Waals surface area contributed by atoms with Gasteiger partial charge in [0.25, 0.3) is 0 Å². The summed E-state index contributed by atoms with van der Waals surface area (Å²) in [5.74, 6) is -0.264. The molecule has 0 aliphatic heterocycles. The van der Waals surface area contributed by atoms with Gasteiger partial charge in [-0.1, -0.05) is 76.2 Å². The molecular formula is C24H46N2O2. The van der Waals surface area contributed by atoms with Gasteiger partial charge < -0.3 is 16.2 Å². The van der Waals surface area contributed by atoms with Crippen molar-refractivity contribution in [2.45, 2.75) is 109 Å². The average Bonchev–Trinajstić information content (AvgIpc) is 2.70. The van der Waals surface area contributed by atoms with E-state index >= 15 is 0 Å². The molecule has 0 amide bonds. The summed E-state index contributed by atoms with van der Waals surface area (Å²) in [4.78, 5) is 11.7. The SMILES string of the molecule is CCCCC/C=C\C/C=C\CCCCCCCCOC(=O)[C@@H](N)CCCCN. The van der Waals surface area contributed by atoms with Gasteiger partial charge in [0, 0.05) is 0 Å². The fourth-order valence-corrected chi connectivity index (χ4v) is 3.00. The molecule has 0 radical (unpaired) electrons. The van der Waals surface area contributed by atoms with Gasteiger partial charge in [0.15, 0.2) is 0 Å². The summed E-state index contributed by atoms with van der Waals surface area (Å²) in [7, 11) is 0. The maximum atomic E-state index is 11.7. The van der Waals surface area contributed by atoms with Gasteiger partial charge in [-0.15, -0.1) is 0 Å². The number of allylic oxidation sites excluding steroid dienone is 4. The fraction of sp³-hybridized carbons (Fsp3) is 0.792. The Kier molecular flexibility index (Phi) is 21.3. The Morgan fingerprint density at radius 2 is 1.43 bits per heavy atom. The molecule has 0 heterocycles. The molecule has 4 heteroatoms. The van der Waals surface area contributed by atoms with Gasteiger partial charge in [-0.2, -0.15) is 0 Å². The van der Waals surface area contributed by atoms with E-state index in [2.05, 4.69) is 31.2 Å². The van der Waals surface area contributed by atoms with Crippen LogP contribution in [-0.2, 0) is 9.53 Å². The van der Waals surface area contributed by atoms with Crippen molar-refractivity contribution in [2.75, 3.05) is 13.2 Å². The van der Waals surface area contributed by atoms with Crippen LogP contribution in [-0.4, -0.2) is 25.2 Å². The predicted molar refractivity (Wildman–Crippen MR) is 121 cm³/mol. The Hall–Kier alpha value is -1.13. The number of esters is 1. The smallest absolute Gasteiger partial charge is 0.322 e. The van der Waals surface area contributed by atoms with Crippen LogP contribution in [0, 0.1) is 0 Å². The monoisotopic (exact) mass is 394 g/mol. The van der Waals surface area contributed by atoms with Crippen LogP contribution >= 0.6 is 0 Å². The molecule has 0 aliphatic rings. The number of hydrogen-bond acceptors (Lipinski definition) is 4. The topological polar surface area (TPSA) is 78.3 Å². The molecule has 0 saturated heterocycles. The van der Waals surface area contributed by atoms with E-state index in [9.17, 15) is 4.79 Å². The van der Waals surface area contributed by atoms with Crippen LogP contribution in [0.15, 0.2) is 24.3 Å². The molecule has 0 fully saturated rings. The third kappa shape index (κ3) is 19.6. The van der Waals surface area contributed by atoms with Gasteiger partial charge in [-0.05, 0) is 57.9 Å². The minimum Gasteiger partial charge on any atom is -0.465 e. The second-order valence-electron chi connectivity index (χ2n) is 7.64. The lowest BCUT2D eigenvalue weighted by Crippen LogP contribution is -2.32. The van der Waals surface area contributed by atoms with Crippen LogP contribution < -0.4 is 11.5 Å². The van der Waals surface area contributed by atoms with Gasteiger partial charge in [-0.25, -0.2) is 0 Å². The van der Waals surface area contributed by atoms with E-state index in [-0.39, 0.29) is 5.97 Å². The van der Waals surface area contributed by atoms with Gasteiger partial charge >= 0.3 is 5.97 Å². The van der Waals surface area contributed by atoms with E-state index in [1.807, 2.05) is 0 Å². The summed E-state index contributed by atoms with van der Waals surface area (Å²) in [5.41, 5.74) is 11.2. The highest BCUT2D eigenvalue weighted by atomic mass is 16.5. The van der Waals surface area contributed by atoms with Gasteiger partial charge in [0.1, 0.15) is 6.04 Å². The van der Waals surface area contributed by atoms with Crippen molar-refractivity contribution >= 4 is 5.97 Å². The molecule has 4 nitrogen and oxygen atoms in total. The first-order valence-corrected chi connectivity index (χ1v) is 11.6. The zero-order chi connectivity index (χ0) is 20.7. The summed E-state index contributed by atoms with van der Waals surface area (Å²) in [5, 5.41) is 0. The predicted octanol–water partition coefficient (Wildman–Crippen LogP) is 5.80. The van der Waals surface area contributed by atoms with Crippen molar-refractivity contribution in [1.29, 1.82) is 0 Å². The van der Waals surface area contributed by atoms with E-state index in [0.29, 0.717) is 19.6 Å². The molecule has 164 valence electrons. The third-order valence-corrected chi connectivity index (χ3v) is 4.86.